The van der Waals surface area contributed by atoms with Gasteiger partial charge in [0.1, 0.15) is 0 Å². The largest absolute Gasteiger partial charge is 0.385 e. The Labute approximate surface area is 115 Å². The van der Waals surface area contributed by atoms with Gasteiger partial charge >= 0.3 is 0 Å². The molecule has 2 heteroatoms. The van der Waals surface area contributed by atoms with Gasteiger partial charge in [-0.1, -0.05) is 37.3 Å². The fraction of sp³-hybridized carbons (Fsp3) is 0.529. The van der Waals surface area contributed by atoms with Gasteiger partial charge in [-0.05, 0) is 49.9 Å². The first-order chi connectivity index (χ1) is 9.12. The average molecular weight is 257 g/mol. The van der Waals surface area contributed by atoms with E-state index in [9.17, 15) is 5.11 Å². The molecular weight excluding hydrogens is 234 g/mol. The Bertz CT molecular complexity index is 468. The second kappa shape index (κ2) is 4.77. The molecule has 0 aliphatic carbocycles. The summed E-state index contributed by atoms with van der Waals surface area (Å²) in [5, 5.41) is 11.1. The van der Waals surface area contributed by atoms with Crippen molar-refractivity contribution in [2.24, 2.45) is 0 Å². The van der Waals surface area contributed by atoms with Crippen molar-refractivity contribution in [1.29, 1.82) is 0 Å². The van der Waals surface area contributed by atoms with Crippen LogP contribution < -0.4 is 0 Å². The molecule has 102 valence electrons. The molecule has 0 amide bonds. The standard InChI is InChI=1S/C17H23NO/c1-3-13-6-4-7-14(10-13)17(19)11-15-8-5-9-16(12-17)18(15)2/h3-4,6-7,10,15-16,19H,1,5,8-9,11-12H2,2H3. The SMILES string of the molecule is C=Cc1cccc(C2(O)CC3CCCC(C2)N3C)c1. The molecule has 2 heterocycles. The van der Waals surface area contributed by atoms with Crippen LogP contribution in [-0.4, -0.2) is 29.1 Å². The fourth-order valence-electron chi connectivity index (χ4n) is 3.84. The number of nitrogens with zero attached hydrogens (tertiary/aromatic N) is 1. The molecule has 2 unspecified atom stereocenters. The third-order valence-corrected chi connectivity index (χ3v) is 5.03. The van der Waals surface area contributed by atoms with Crippen molar-refractivity contribution in [3.8, 4) is 0 Å². The van der Waals surface area contributed by atoms with Crippen molar-refractivity contribution in [3.63, 3.8) is 0 Å². The summed E-state index contributed by atoms with van der Waals surface area (Å²) in [6.45, 7) is 3.82. The van der Waals surface area contributed by atoms with E-state index >= 15 is 0 Å². The Kier molecular flexibility index (Phi) is 3.23. The maximum atomic E-state index is 11.1. The zero-order valence-electron chi connectivity index (χ0n) is 11.7. The van der Waals surface area contributed by atoms with Crippen molar-refractivity contribution < 1.29 is 5.11 Å². The van der Waals surface area contributed by atoms with E-state index in [4.69, 9.17) is 0 Å². The number of benzene rings is 1. The summed E-state index contributed by atoms with van der Waals surface area (Å²) in [5.41, 5.74) is 1.51. The molecule has 0 spiro atoms. The Morgan fingerprint density at radius 2 is 2.00 bits per heavy atom. The molecule has 3 rings (SSSR count). The second-order valence-corrected chi connectivity index (χ2v) is 6.17. The van der Waals surface area contributed by atoms with E-state index in [1.165, 1.54) is 19.3 Å². The third-order valence-electron chi connectivity index (χ3n) is 5.03. The molecule has 0 radical (unpaired) electrons. The zero-order chi connectivity index (χ0) is 13.5. The van der Waals surface area contributed by atoms with E-state index < -0.39 is 5.60 Å². The lowest BCUT2D eigenvalue weighted by Gasteiger charge is -2.50. The monoisotopic (exact) mass is 257 g/mol. The van der Waals surface area contributed by atoms with Gasteiger partial charge in [0, 0.05) is 12.1 Å². The van der Waals surface area contributed by atoms with Gasteiger partial charge in [0.25, 0.3) is 0 Å². The molecule has 1 N–H and O–H groups in total. The van der Waals surface area contributed by atoms with Gasteiger partial charge in [0.15, 0.2) is 0 Å². The first-order valence-electron chi connectivity index (χ1n) is 7.30. The summed E-state index contributed by atoms with van der Waals surface area (Å²) in [4.78, 5) is 2.48. The van der Waals surface area contributed by atoms with Gasteiger partial charge < -0.3 is 10.0 Å². The summed E-state index contributed by atoms with van der Waals surface area (Å²) < 4.78 is 0. The van der Waals surface area contributed by atoms with E-state index in [0.29, 0.717) is 12.1 Å². The van der Waals surface area contributed by atoms with Crippen LogP contribution in [0, 0.1) is 0 Å². The molecule has 2 aliphatic rings. The molecule has 2 atom stereocenters. The first-order valence-corrected chi connectivity index (χ1v) is 7.30. The van der Waals surface area contributed by atoms with Gasteiger partial charge in [0.05, 0.1) is 5.60 Å². The van der Waals surface area contributed by atoms with Gasteiger partial charge in [-0.3, -0.25) is 0 Å². The van der Waals surface area contributed by atoms with Crippen molar-refractivity contribution in [2.75, 3.05) is 7.05 Å². The molecule has 2 aliphatic heterocycles. The predicted octanol–water partition coefficient (Wildman–Crippen LogP) is 3.16. The highest BCUT2D eigenvalue weighted by Crippen LogP contribution is 2.43. The van der Waals surface area contributed by atoms with Crippen LogP contribution in [0.1, 0.15) is 43.2 Å². The van der Waals surface area contributed by atoms with Gasteiger partial charge in [-0.25, -0.2) is 0 Å². The molecule has 1 aromatic carbocycles. The van der Waals surface area contributed by atoms with Gasteiger partial charge in [0.2, 0.25) is 0 Å². The minimum atomic E-state index is -0.652. The third kappa shape index (κ3) is 2.24. The van der Waals surface area contributed by atoms with Crippen LogP contribution in [0.2, 0.25) is 0 Å². The molecule has 19 heavy (non-hydrogen) atoms. The summed E-state index contributed by atoms with van der Waals surface area (Å²) >= 11 is 0. The topological polar surface area (TPSA) is 23.5 Å². The van der Waals surface area contributed by atoms with Crippen molar-refractivity contribution in [3.05, 3.63) is 42.0 Å². The van der Waals surface area contributed by atoms with Crippen LogP contribution in [0.5, 0.6) is 0 Å². The quantitative estimate of drug-likeness (QED) is 0.879. The maximum Gasteiger partial charge on any atom is 0.0926 e. The van der Waals surface area contributed by atoms with Crippen molar-refractivity contribution in [2.45, 2.75) is 49.8 Å². The molecular formula is C17H23NO. The van der Waals surface area contributed by atoms with E-state index in [2.05, 4.69) is 30.7 Å². The molecule has 2 fully saturated rings. The van der Waals surface area contributed by atoms with E-state index in [0.717, 1.165) is 24.0 Å². The number of aliphatic hydroxyl groups is 1. The average Bonchev–Trinajstić information content (AvgIpc) is 2.41. The Balaban J connectivity index is 1.92. The van der Waals surface area contributed by atoms with Crippen molar-refractivity contribution in [1.82, 2.24) is 4.90 Å². The number of hydrogen-bond donors (Lipinski definition) is 1. The Morgan fingerprint density at radius 3 is 2.63 bits per heavy atom. The molecule has 2 saturated heterocycles. The summed E-state index contributed by atoms with van der Waals surface area (Å²) in [5.74, 6) is 0. The Hall–Kier alpha value is -1.12. The second-order valence-electron chi connectivity index (χ2n) is 6.17. The minimum absolute atomic E-state index is 0.532. The van der Waals surface area contributed by atoms with Gasteiger partial charge in [-0.2, -0.15) is 0 Å². The van der Waals surface area contributed by atoms with E-state index in [1.807, 2.05) is 18.2 Å². The highest BCUT2D eigenvalue weighted by atomic mass is 16.3. The zero-order valence-corrected chi connectivity index (χ0v) is 11.7. The fourth-order valence-corrected chi connectivity index (χ4v) is 3.84. The molecule has 0 saturated carbocycles. The summed E-state index contributed by atoms with van der Waals surface area (Å²) in [7, 11) is 2.22. The summed E-state index contributed by atoms with van der Waals surface area (Å²) in [6, 6.07) is 9.28. The van der Waals surface area contributed by atoms with Crippen LogP contribution in [0.15, 0.2) is 30.8 Å². The highest BCUT2D eigenvalue weighted by Gasteiger charge is 2.44. The lowest BCUT2D eigenvalue weighted by molar-refractivity contribution is -0.0874. The van der Waals surface area contributed by atoms with Crippen LogP contribution in [0.25, 0.3) is 6.08 Å². The lowest BCUT2D eigenvalue weighted by atomic mass is 9.72. The van der Waals surface area contributed by atoms with Crippen LogP contribution in [-0.2, 0) is 5.60 Å². The predicted molar refractivity (Wildman–Crippen MR) is 78.9 cm³/mol. The smallest absolute Gasteiger partial charge is 0.0926 e. The minimum Gasteiger partial charge on any atom is -0.385 e. The number of piperidine rings is 2. The number of fused-ring (bicyclic) bond motifs is 2. The Morgan fingerprint density at radius 1 is 1.32 bits per heavy atom. The number of hydrogen-bond acceptors (Lipinski definition) is 2. The normalized spacial score (nSPS) is 35.1. The molecule has 2 bridgehead atoms. The van der Waals surface area contributed by atoms with Gasteiger partial charge in [-0.15, -0.1) is 0 Å². The first kappa shape index (κ1) is 12.9. The maximum absolute atomic E-state index is 11.1. The summed E-state index contributed by atoms with van der Waals surface area (Å²) in [6.07, 6.45) is 7.32. The van der Waals surface area contributed by atoms with Crippen LogP contribution >= 0.6 is 0 Å². The lowest BCUT2D eigenvalue weighted by Crippen LogP contribution is -2.55. The molecule has 0 aromatic heterocycles. The molecule has 2 nitrogen and oxygen atoms in total. The molecule has 1 aromatic rings. The van der Waals surface area contributed by atoms with E-state index in [1.54, 1.807) is 0 Å². The highest BCUT2D eigenvalue weighted by molar-refractivity contribution is 5.49. The van der Waals surface area contributed by atoms with Crippen LogP contribution in [0.4, 0.5) is 0 Å². The number of rotatable bonds is 2. The van der Waals surface area contributed by atoms with Crippen LogP contribution in [0.3, 0.4) is 0 Å². The van der Waals surface area contributed by atoms with Crippen molar-refractivity contribution >= 4 is 6.08 Å². The van der Waals surface area contributed by atoms with E-state index in [-0.39, 0.29) is 0 Å².